The van der Waals surface area contributed by atoms with Crippen LogP contribution in [0.5, 0.6) is 0 Å². The second-order valence-corrected chi connectivity index (χ2v) is 2.31. The first-order valence-corrected chi connectivity index (χ1v) is 3.05. The van der Waals surface area contributed by atoms with Gasteiger partial charge in [0.05, 0.1) is 6.54 Å². The molecule has 0 aliphatic heterocycles. The Morgan fingerprint density at radius 1 is 1.27 bits per heavy atom. The molecule has 4 N–H and O–H groups in total. The molecule has 0 aromatic rings. The van der Waals surface area contributed by atoms with E-state index in [2.05, 4.69) is 5.73 Å². The zero-order valence-corrected chi connectivity index (χ0v) is 7.13. The molecular weight excluding hydrogens is 146 g/mol. The summed E-state index contributed by atoms with van der Waals surface area (Å²) in [6, 6.07) is 0. The topological polar surface area (TPSA) is 89.4 Å². The van der Waals surface area contributed by atoms with Crippen LogP contribution in [-0.4, -0.2) is 37.4 Å². The Kier molecular flexibility index (Phi) is 8.01. The summed E-state index contributed by atoms with van der Waals surface area (Å²) < 4.78 is 0. The largest absolute Gasteiger partial charge is 0.370 e. The first kappa shape index (κ1) is 12.6. The van der Waals surface area contributed by atoms with Crippen molar-refractivity contribution in [2.45, 2.75) is 6.92 Å². The summed E-state index contributed by atoms with van der Waals surface area (Å²) in [5, 5.41) is 0. The molecule has 0 aliphatic carbocycles. The van der Waals surface area contributed by atoms with Crippen molar-refractivity contribution in [3.8, 4) is 0 Å². The Labute approximate surface area is 66.3 Å². The predicted molar refractivity (Wildman–Crippen MR) is 42.6 cm³/mol. The lowest BCUT2D eigenvalue weighted by Crippen LogP contribution is -2.27. The van der Waals surface area contributed by atoms with Crippen LogP contribution in [0.2, 0.25) is 0 Å². The van der Waals surface area contributed by atoms with Gasteiger partial charge in [-0.05, 0) is 14.1 Å². The quantitative estimate of drug-likeness (QED) is 0.518. The van der Waals surface area contributed by atoms with Crippen molar-refractivity contribution in [3.05, 3.63) is 0 Å². The molecule has 0 bridgehead atoms. The first-order chi connectivity index (χ1) is 4.86. The summed E-state index contributed by atoms with van der Waals surface area (Å²) in [5.74, 6) is -0.620. The van der Waals surface area contributed by atoms with Crippen LogP contribution >= 0.6 is 0 Å². The van der Waals surface area contributed by atoms with E-state index in [1.807, 2.05) is 0 Å². The van der Waals surface area contributed by atoms with E-state index < -0.39 is 0 Å². The van der Waals surface area contributed by atoms with Gasteiger partial charge in [-0.3, -0.25) is 9.59 Å². The average Bonchev–Trinajstić information content (AvgIpc) is 1.56. The molecule has 0 aromatic heterocycles. The first-order valence-electron chi connectivity index (χ1n) is 3.05. The van der Waals surface area contributed by atoms with E-state index in [-0.39, 0.29) is 11.8 Å². The van der Waals surface area contributed by atoms with Gasteiger partial charge in [0.25, 0.3) is 0 Å². The van der Waals surface area contributed by atoms with Gasteiger partial charge in [0.1, 0.15) is 0 Å². The monoisotopic (exact) mass is 161 g/mol. The van der Waals surface area contributed by atoms with Crippen LogP contribution in [0.25, 0.3) is 0 Å². The Morgan fingerprint density at radius 2 is 1.55 bits per heavy atom. The van der Waals surface area contributed by atoms with E-state index in [4.69, 9.17) is 5.73 Å². The Hall–Kier alpha value is -1.10. The number of nitrogens with zero attached hydrogens (tertiary/aromatic N) is 1. The number of primary amides is 2. The van der Waals surface area contributed by atoms with E-state index in [9.17, 15) is 9.59 Å². The van der Waals surface area contributed by atoms with Gasteiger partial charge < -0.3 is 16.4 Å². The van der Waals surface area contributed by atoms with Crippen molar-refractivity contribution in [2.24, 2.45) is 11.5 Å². The molecule has 0 saturated carbocycles. The third-order valence-electron chi connectivity index (χ3n) is 0.472. The number of hydrogen-bond acceptors (Lipinski definition) is 3. The van der Waals surface area contributed by atoms with E-state index in [1.54, 1.807) is 19.0 Å². The highest BCUT2D eigenvalue weighted by molar-refractivity contribution is 5.75. The number of likely N-dealkylation sites (N-methyl/N-ethyl adjacent to an activating group) is 1. The number of carbonyl (C=O) groups excluding carboxylic acids is 2. The van der Waals surface area contributed by atoms with Crippen molar-refractivity contribution < 1.29 is 9.59 Å². The van der Waals surface area contributed by atoms with Gasteiger partial charge >= 0.3 is 0 Å². The van der Waals surface area contributed by atoms with Gasteiger partial charge in [-0.1, -0.05) is 0 Å². The lowest BCUT2D eigenvalue weighted by atomic mass is 10.6. The van der Waals surface area contributed by atoms with Gasteiger partial charge in [0, 0.05) is 6.92 Å². The molecule has 0 aromatic carbocycles. The Bertz CT molecular complexity index is 130. The van der Waals surface area contributed by atoms with Gasteiger partial charge in [-0.15, -0.1) is 0 Å². The molecule has 0 atom stereocenters. The van der Waals surface area contributed by atoms with Crippen LogP contribution in [-0.2, 0) is 9.59 Å². The molecule has 0 aliphatic rings. The zero-order valence-electron chi connectivity index (χ0n) is 7.13. The Balaban J connectivity index is 0. The molecule has 0 heterocycles. The molecule has 0 fully saturated rings. The van der Waals surface area contributed by atoms with Crippen LogP contribution in [0.15, 0.2) is 0 Å². The van der Waals surface area contributed by atoms with E-state index in [1.165, 1.54) is 6.92 Å². The third-order valence-corrected chi connectivity index (χ3v) is 0.472. The van der Waals surface area contributed by atoms with Gasteiger partial charge in [-0.25, -0.2) is 0 Å². The molecule has 0 unspecified atom stereocenters. The minimum absolute atomic E-state index is 0.287. The Morgan fingerprint density at radius 3 is 1.55 bits per heavy atom. The van der Waals surface area contributed by atoms with Crippen molar-refractivity contribution in [1.29, 1.82) is 0 Å². The number of amides is 2. The summed E-state index contributed by atoms with van der Waals surface area (Å²) in [5.41, 5.74) is 9.28. The highest BCUT2D eigenvalue weighted by Crippen LogP contribution is 1.67. The maximum atomic E-state index is 9.99. The maximum absolute atomic E-state index is 9.99. The molecule has 0 spiro atoms. The van der Waals surface area contributed by atoms with Gasteiger partial charge in [0.2, 0.25) is 11.8 Å². The fraction of sp³-hybridized carbons (Fsp3) is 0.667. The molecular formula is C6H15N3O2. The average molecular weight is 161 g/mol. The van der Waals surface area contributed by atoms with Crippen LogP contribution in [0, 0.1) is 0 Å². The van der Waals surface area contributed by atoms with Crippen LogP contribution < -0.4 is 11.5 Å². The molecule has 0 rings (SSSR count). The van der Waals surface area contributed by atoms with Crippen molar-refractivity contribution >= 4 is 11.8 Å². The number of carbonyl (C=O) groups is 2. The van der Waals surface area contributed by atoms with Gasteiger partial charge in [0.15, 0.2) is 0 Å². The fourth-order valence-corrected chi connectivity index (χ4v) is 0.312. The zero-order chi connectivity index (χ0) is 9.44. The van der Waals surface area contributed by atoms with Crippen LogP contribution in [0.4, 0.5) is 0 Å². The molecule has 5 heteroatoms. The standard InChI is InChI=1S/C4H10N2O.C2H5NO/c1-6(2)3-4(5)7;1-2(3)4/h3H2,1-2H3,(H2,5,7);1H3,(H2,3,4). The number of nitrogens with two attached hydrogens (primary N) is 2. The SMILES string of the molecule is CC(N)=O.CN(C)CC(N)=O. The summed E-state index contributed by atoms with van der Waals surface area (Å²) >= 11 is 0. The molecule has 5 nitrogen and oxygen atoms in total. The highest BCUT2D eigenvalue weighted by Gasteiger charge is 1.92. The van der Waals surface area contributed by atoms with Crippen LogP contribution in [0.1, 0.15) is 6.92 Å². The normalized spacial score (nSPS) is 8.36. The second kappa shape index (κ2) is 7.01. The molecule has 2 amide bonds. The minimum atomic E-state index is -0.333. The third kappa shape index (κ3) is 50.4. The predicted octanol–water partition coefficient (Wildman–Crippen LogP) is -1.48. The lowest BCUT2D eigenvalue weighted by molar-refractivity contribution is -0.118. The van der Waals surface area contributed by atoms with E-state index in [0.717, 1.165) is 0 Å². The molecule has 66 valence electrons. The maximum Gasteiger partial charge on any atom is 0.231 e. The van der Waals surface area contributed by atoms with Crippen LogP contribution in [0.3, 0.4) is 0 Å². The van der Waals surface area contributed by atoms with Crippen molar-refractivity contribution in [3.63, 3.8) is 0 Å². The number of hydrogen-bond donors (Lipinski definition) is 2. The summed E-state index contributed by atoms with van der Waals surface area (Å²) in [7, 11) is 3.59. The smallest absolute Gasteiger partial charge is 0.231 e. The van der Waals surface area contributed by atoms with Gasteiger partial charge in [-0.2, -0.15) is 0 Å². The minimum Gasteiger partial charge on any atom is -0.370 e. The number of rotatable bonds is 2. The second-order valence-electron chi connectivity index (χ2n) is 2.31. The highest BCUT2D eigenvalue weighted by atomic mass is 16.1. The summed E-state index contributed by atoms with van der Waals surface area (Å²) in [6.45, 7) is 1.64. The van der Waals surface area contributed by atoms with Crippen molar-refractivity contribution in [1.82, 2.24) is 4.90 Å². The van der Waals surface area contributed by atoms with Crippen molar-refractivity contribution in [2.75, 3.05) is 20.6 Å². The molecule has 0 radical (unpaired) electrons. The molecule has 11 heavy (non-hydrogen) atoms. The van der Waals surface area contributed by atoms with E-state index >= 15 is 0 Å². The summed E-state index contributed by atoms with van der Waals surface area (Å²) in [6.07, 6.45) is 0. The lowest BCUT2D eigenvalue weighted by Gasteiger charge is -2.02. The summed E-state index contributed by atoms with van der Waals surface area (Å²) in [4.78, 5) is 20.9. The van der Waals surface area contributed by atoms with E-state index in [0.29, 0.717) is 6.54 Å². The molecule has 0 saturated heterocycles. The fourth-order valence-electron chi connectivity index (χ4n) is 0.312.